The predicted octanol–water partition coefficient (Wildman–Crippen LogP) is 5.27. The molecule has 0 heterocycles. The summed E-state index contributed by atoms with van der Waals surface area (Å²) in [6.07, 6.45) is 0. The summed E-state index contributed by atoms with van der Waals surface area (Å²) in [6.45, 7) is 1.89. The van der Waals surface area contributed by atoms with Crippen molar-refractivity contribution in [2.75, 3.05) is 17.7 Å². The predicted molar refractivity (Wildman–Crippen MR) is 114 cm³/mol. The van der Waals surface area contributed by atoms with Crippen molar-refractivity contribution in [2.45, 2.75) is 6.92 Å². The van der Waals surface area contributed by atoms with Crippen molar-refractivity contribution < 1.29 is 14.3 Å². The van der Waals surface area contributed by atoms with Gasteiger partial charge in [-0.25, -0.2) is 0 Å². The van der Waals surface area contributed by atoms with Crippen molar-refractivity contribution in [1.29, 1.82) is 0 Å². The van der Waals surface area contributed by atoms with E-state index < -0.39 is 0 Å². The van der Waals surface area contributed by atoms with Gasteiger partial charge >= 0.3 is 0 Å². The highest BCUT2D eigenvalue weighted by Crippen LogP contribution is 2.25. The second-order valence-electron chi connectivity index (χ2n) is 6.15. The lowest BCUT2D eigenvalue weighted by Crippen LogP contribution is -2.15. The summed E-state index contributed by atoms with van der Waals surface area (Å²) in [5, 5.41) is 5.70. The maximum absolute atomic E-state index is 12.6. The summed E-state index contributed by atoms with van der Waals surface area (Å²) in [6, 6.07) is 19.6. The van der Waals surface area contributed by atoms with E-state index in [0.717, 1.165) is 10.0 Å². The number of aryl methyl sites for hydroxylation is 1. The summed E-state index contributed by atoms with van der Waals surface area (Å²) in [4.78, 5) is 25.1. The molecule has 2 N–H and O–H groups in total. The summed E-state index contributed by atoms with van der Waals surface area (Å²) in [5.74, 6) is -0.0273. The number of benzene rings is 3. The van der Waals surface area contributed by atoms with Crippen LogP contribution in [0.5, 0.6) is 5.75 Å². The maximum Gasteiger partial charge on any atom is 0.259 e. The Bertz CT molecular complexity index is 1030. The lowest BCUT2D eigenvalue weighted by Gasteiger charge is -2.12. The third-order valence-corrected chi connectivity index (χ3v) is 4.67. The van der Waals surface area contributed by atoms with Gasteiger partial charge in [0.05, 0.1) is 12.7 Å². The smallest absolute Gasteiger partial charge is 0.259 e. The molecule has 2 amide bonds. The van der Waals surface area contributed by atoms with Gasteiger partial charge < -0.3 is 15.4 Å². The number of anilines is 2. The standard InChI is InChI=1S/C22H19BrN2O3/c1-14-6-3-4-9-18(14)21(26)24-16-7-5-8-17(13-16)25-22(27)19-12-15(23)10-11-20(19)28-2/h3-13H,1-2H3,(H,24,26)(H,25,27). The van der Waals surface area contributed by atoms with Gasteiger partial charge in [0.15, 0.2) is 0 Å². The summed E-state index contributed by atoms with van der Waals surface area (Å²) >= 11 is 3.36. The Kier molecular flexibility index (Phi) is 6.11. The van der Waals surface area contributed by atoms with E-state index in [0.29, 0.717) is 28.3 Å². The monoisotopic (exact) mass is 438 g/mol. The third-order valence-electron chi connectivity index (χ3n) is 4.17. The highest BCUT2D eigenvalue weighted by molar-refractivity contribution is 9.10. The molecule has 0 atom stereocenters. The molecule has 0 bridgehead atoms. The lowest BCUT2D eigenvalue weighted by atomic mass is 10.1. The molecule has 0 aliphatic carbocycles. The Balaban J connectivity index is 1.77. The molecule has 6 heteroatoms. The van der Waals surface area contributed by atoms with Crippen LogP contribution in [0.25, 0.3) is 0 Å². The second-order valence-corrected chi connectivity index (χ2v) is 7.06. The second kappa shape index (κ2) is 8.71. The first kappa shape index (κ1) is 19.6. The Morgan fingerprint density at radius 1 is 0.821 bits per heavy atom. The fourth-order valence-electron chi connectivity index (χ4n) is 2.76. The minimum Gasteiger partial charge on any atom is -0.496 e. The van der Waals surface area contributed by atoms with Crippen LogP contribution >= 0.6 is 15.9 Å². The minimum atomic E-state index is -0.305. The van der Waals surface area contributed by atoms with Crippen LogP contribution in [0.15, 0.2) is 71.2 Å². The molecule has 28 heavy (non-hydrogen) atoms. The van der Waals surface area contributed by atoms with Crippen LogP contribution in [-0.4, -0.2) is 18.9 Å². The van der Waals surface area contributed by atoms with Crippen molar-refractivity contribution in [1.82, 2.24) is 0 Å². The van der Waals surface area contributed by atoms with Crippen LogP contribution < -0.4 is 15.4 Å². The number of halogens is 1. The van der Waals surface area contributed by atoms with Crippen LogP contribution in [0.3, 0.4) is 0 Å². The number of nitrogens with one attached hydrogen (secondary N) is 2. The van der Waals surface area contributed by atoms with Crippen LogP contribution in [-0.2, 0) is 0 Å². The number of hydrogen-bond donors (Lipinski definition) is 2. The fraction of sp³-hybridized carbons (Fsp3) is 0.0909. The van der Waals surface area contributed by atoms with E-state index in [2.05, 4.69) is 26.6 Å². The number of carbonyl (C=O) groups excluding carboxylic acids is 2. The largest absolute Gasteiger partial charge is 0.496 e. The van der Waals surface area contributed by atoms with Gasteiger partial charge in [0.2, 0.25) is 0 Å². The Hall–Kier alpha value is -3.12. The van der Waals surface area contributed by atoms with E-state index >= 15 is 0 Å². The topological polar surface area (TPSA) is 67.4 Å². The molecule has 142 valence electrons. The van der Waals surface area contributed by atoms with Crippen molar-refractivity contribution >= 4 is 39.1 Å². The van der Waals surface area contributed by atoms with E-state index in [1.54, 1.807) is 48.5 Å². The number of rotatable bonds is 5. The van der Waals surface area contributed by atoms with E-state index in [9.17, 15) is 9.59 Å². The van der Waals surface area contributed by atoms with Gasteiger partial charge in [-0.1, -0.05) is 40.2 Å². The molecule has 3 aromatic carbocycles. The highest BCUT2D eigenvalue weighted by Gasteiger charge is 2.14. The maximum atomic E-state index is 12.6. The SMILES string of the molecule is COc1ccc(Br)cc1C(=O)Nc1cccc(NC(=O)c2ccccc2C)c1. The van der Waals surface area contributed by atoms with Gasteiger partial charge in [0, 0.05) is 21.4 Å². The number of hydrogen-bond acceptors (Lipinski definition) is 3. The summed E-state index contributed by atoms with van der Waals surface area (Å²) in [5.41, 5.74) is 3.06. The van der Waals surface area contributed by atoms with Gasteiger partial charge in [-0.3, -0.25) is 9.59 Å². The van der Waals surface area contributed by atoms with E-state index in [1.165, 1.54) is 7.11 Å². The van der Waals surface area contributed by atoms with Crippen LogP contribution in [0.1, 0.15) is 26.3 Å². The molecule has 0 aliphatic rings. The van der Waals surface area contributed by atoms with Gasteiger partial charge in [-0.05, 0) is 55.0 Å². The number of ether oxygens (including phenoxy) is 1. The van der Waals surface area contributed by atoms with E-state index in [-0.39, 0.29) is 11.8 Å². The molecule has 5 nitrogen and oxygen atoms in total. The minimum absolute atomic E-state index is 0.199. The number of carbonyl (C=O) groups is 2. The van der Waals surface area contributed by atoms with E-state index in [4.69, 9.17) is 4.74 Å². The molecule has 0 saturated carbocycles. The summed E-state index contributed by atoms with van der Waals surface area (Å²) in [7, 11) is 1.52. The molecule has 0 aliphatic heterocycles. The van der Waals surface area contributed by atoms with Gasteiger partial charge in [-0.15, -0.1) is 0 Å². The number of methoxy groups -OCH3 is 1. The normalized spacial score (nSPS) is 10.2. The zero-order chi connectivity index (χ0) is 20.1. The average molecular weight is 439 g/mol. The summed E-state index contributed by atoms with van der Waals surface area (Å²) < 4.78 is 6.03. The Labute approximate surface area is 171 Å². The molecule has 0 unspecified atom stereocenters. The zero-order valence-electron chi connectivity index (χ0n) is 15.5. The van der Waals surface area contributed by atoms with Crippen molar-refractivity contribution in [3.63, 3.8) is 0 Å². The first-order valence-electron chi connectivity index (χ1n) is 8.60. The molecule has 3 aromatic rings. The fourth-order valence-corrected chi connectivity index (χ4v) is 3.12. The van der Waals surface area contributed by atoms with Crippen molar-refractivity contribution in [3.05, 3.63) is 87.9 Å². The average Bonchev–Trinajstić information content (AvgIpc) is 2.68. The van der Waals surface area contributed by atoms with Crippen LogP contribution in [0.2, 0.25) is 0 Å². The quantitative estimate of drug-likeness (QED) is 0.569. The molecule has 0 saturated heterocycles. The van der Waals surface area contributed by atoms with Gasteiger partial charge in [-0.2, -0.15) is 0 Å². The molecular formula is C22H19BrN2O3. The molecule has 0 radical (unpaired) electrons. The molecule has 0 aromatic heterocycles. The molecular weight excluding hydrogens is 420 g/mol. The van der Waals surface area contributed by atoms with Gasteiger partial charge in [0.1, 0.15) is 5.75 Å². The molecule has 0 fully saturated rings. The van der Waals surface area contributed by atoms with Crippen molar-refractivity contribution in [3.8, 4) is 5.75 Å². The molecule has 0 spiro atoms. The first-order valence-corrected chi connectivity index (χ1v) is 9.39. The van der Waals surface area contributed by atoms with Crippen LogP contribution in [0, 0.1) is 6.92 Å². The lowest BCUT2D eigenvalue weighted by molar-refractivity contribution is 0.101. The molecule has 3 rings (SSSR count). The highest BCUT2D eigenvalue weighted by atomic mass is 79.9. The Morgan fingerprint density at radius 2 is 1.46 bits per heavy atom. The van der Waals surface area contributed by atoms with Gasteiger partial charge in [0.25, 0.3) is 11.8 Å². The Morgan fingerprint density at radius 3 is 2.11 bits per heavy atom. The third kappa shape index (κ3) is 4.58. The van der Waals surface area contributed by atoms with E-state index in [1.807, 2.05) is 25.1 Å². The van der Waals surface area contributed by atoms with Crippen LogP contribution in [0.4, 0.5) is 11.4 Å². The van der Waals surface area contributed by atoms with Crippen molar-refractivity contribution in [2.24, 2.45) is 0 Å². The zero-order valence-corrected chi connectivity index (χ0v) is 17.0. The number of amides is 2. The first-order chi connectivity index (χ1) is 13.5.